The second-order valence-corrected chi connectivity index (χ2v) is 7.03. The fourth-order valence-corrected chi connectivity index (χ4v) is 2.93. The number of aliphatic imine (C=N–C) groups is 1. The molecular formula is C24H25N5O3. The maximum absolute atomic E-state index is 12.9. The normalized spacial score (nSPS) is 10.9. The van der Waals surface area contributed by atoms with Crippen molar-refractivity contribution in [3.63, 3.8) is 0 Å². The molecule has 1 aromatic heterocycles. The third-order valence-corrected chi connectivity index (χ3v) is 4.41. The zero-order valence-corrected chi connectivity index (χ0v) is 18.2. The summed E-state index contributed by atoms with van der Waals surface area (Å²) >= 11 is 0. The van der Waals surface area contributed by atoms with E-state index < -0.39 is 0 Å². The molecule has 32 heavy (non-hydrogen) atoms. The average Bonchev–Trinajstić information content (AvgIpc) is 2.78. The number of nitrogens with one attached hydrogen (secondary N) is 3. The monoisotopic (exact) mass is 431 g/mol. The van der Waals surface area contributed by atoms with Crippen molar-refractivity contribution in [2.75, 3.05) is 17.7 Å². The number of aryl methyl sites for hydroxylation is 1. The molecule has 0 atom stereocenters. The van der Waals surface area contributed by atoms with Crippen molar-refractivity contribution in [2.45, 2.75) is 20.4 Å². The minimum Gasteiger partial charge on any atom is -0.495 e. The zero-order valence-electron chi connectivity index (χ0n) is 18.2. The molecule has 2 amide bonds. The summed E-state index contributed by atoms with van der Waals surface area (Å²) in [6, 6.07) is 17.9. The number of ether oxygens (including phenoxy) is 1. The molecule has 0 saturated heterocycles. The number of guanidine groups is 1. The number of carbonyl (C=O) groups excluding carboxylic acids is 2. The SMILES string of the molecule is COc1ccc(C)cc1NC(=NCc1ccccn1)NC(=O)c1cccc(NC(C)=O)c1. The predicted molar refractivity (Wildman–Crippen MR) is 125 cm³/mol. The molecule has 0 aliphatic carbocycles. The fourth-order valence-electron chi connectivity index (χ4n) is 2.93. The van der Waals surface area contributed by atoms with Crippen molar-refractivity contribution in [1.29, 1.82) is 0 Å². The third-order valence-electron chi connectivity index (χ3n) is 4.41. The lowest BCUT2D eigenvalue weighted by Crippen LogP contribution is -2.36. The lowest BCUT2D eigenvalue weighted by molar-refractivity contribution is -0.114. The number of benzene rings is 2. The Morgan fingerprint density at radius 3 is 2.59 bits per heavy atom. The van der Waals surface area contributed by atoms with E-state index in [1.165, 1.54) is 6.92 Å². The highest BCUT2D eigenvalue weighted by atomic mass is 16.5. The maximum atomic E-state index is 12.9. The Balaban J connectivity index is 1.86. The van der Waals surface area contributed by atoms with Gasteiger partial charge in [-0.2, -0.15) is 0 Å². The first-order valence-electron chi connectivity index (χ1n) is 9.99. The van der Waals surface area contributed by atoms with Gasteiger partial charge in [-0.25, -0.2) is 4.99 Å². The lowest BCUT2D eigenvalue weighted by Gasteiger charge is -2.15. The van der Waals surface area contributed by atoms with Gasteiger partial charge in [0.15, 0.2) is 0 Å². The van der Waals surface area contributed by atoms with Crippen LogP contribution in [0.3, 0.4) is 0 Å². The van der Waals surface area contributed by atoms with Gasteiger partial charge in [0.05, 0.1) is 25.0 Å². The van der Waals surface area contributed by atoms with Crippen molar-refractivity contribution >= 4 is 29.1 Å². The topological polar surface area (TPSA) is 105 Å². The van der Waals surface area contributed by atoms with Crippen LogP contribution in [0.4, 0.5) is 11.4 Å². The Kier molecular flexibility index (Phi) is 7.53. The Morgan fingerprint density at radius 2 is 1.88 bits per heavy atom. The molecule has 0 radical (unpaired) electrons. The highest BCUT2D eigenvalue weighted by molar-refractivity contribution is 6.10. The van der Waals surface area contributed by atoms with Gasteiger partial charge in [-0.15, -0.1) is 0 Å². The quantitative estimate of drug-likeness (QED) is 0.407. The van der Waals surface area contributed by atoms with E-state index >= 15 is 0 Å². The number of anilines is 2. The van der Waals surface area contributed by atoms with Gasteiger partial charge in [0.1, 0.15) is 5.75 Å². The van der Waals surface area contributed by atoms with Gasteiger partial charge in [0.25, 0.3) is 5.91 Å². The Morgan fingerprint density at radius 1 is 1.03 bits per heavy atom. The highest BCUT2D eigenvalue weighted by Crippen LogP contribution is 2.25. The minimum absolute atomic E-state index is 0.214. The van der Waals surface area contributed by atoms with Crippen LogP contribution in [0.5, 0.6) is 5.75 Å². The molecule has 0 saturated carbocycles. The summed E-state index contributed by atoms with van der Waals surface area (Å²) in [7, 11) is 1.58. The van der Waals surface area contributed by atoms with Crippen LogP contribution in [-0.4, -0.2) is 29.9 Å². The first-order valence-corrected chi connectivity index (χ1v) is 9.99. The van der Waals surface area contributed by atoms with Crippen LogP contribution in [0, 0.1) is 6.92 Å². The van der Waals surface area contributed by atoms with E-state index in [1.807, 2.05) is 43.3 Å². The Bertz CT molecular complexity index is 1130. The predicted octanol–water partition coefficient (Wildman–Crippen LogP) is 3.76. The number of carbonyl (C=O) groups is 2. The molecule has 8 nitrogen and oxygen atoms in total. The molecule has 0 bridgehead atoms. The Hall–Kier alpha value is -4.20. The summed E-state index contributed by atoms with van der Waals surface area (Å²) < 4.78 is 5.42. The fraction of sp³-hybridized carbons (Fsp3) is 0.167. The molecule has 3 rings (SSSR count). The number of amides is 2. The van der Waals surface area contributed by atoms with Crippen LogP contribution >= 0.6 is 0 Å². The van der Waals surface area contributed by atoms with Crippen LogP contribution in [0.15, 0.2) is 71.9 Å². The molecule has 3 aromatic rings. The number of rotatable bonds is 6. The van der Waals surface area contributed by atoms with Gasteiger partial charge in [-0.3, -0.25) is 19.9 Å². The summed E-state index contributed by atoms with van der Waals surface area (Å²) in [5.74, 6) is 0.266. The van der Waals surface area contributed by atoms with E-state index in [2.05, 4.69) is 25.9 Å². The molecule has 0 unspecified atom stereocenters. The summed E-state index contributed by atoms with van der Waals surface area (Å²) in [6.45, 7) is 3.64. The smallest absolute Gasteiger partial charge is 0.258 e. The van der Waals surface area contributed by atoms with Crippen LogP contribution in [-0.2, 0) is 11.3 Å². The number of hydrogen-bond donors (Lipinski definition) is 3. The van der Waals surface area contributed by atoms with Crippen LogP contribution in [0.1, 0.15) is 28.5 Å². The number of methoxy groups -OCH3 is 1. The number of hydrogen-bond acceptors (Lipinski definition) is 5. The van der Waals surface area contributed by atoms with E-state index in [0.717, 1.165) is 11.3 Å². The van der Waals surface area contributed by atoms with Crippen LogP contribution in [0.25, 0.3) is 0 Å². The largest absolute Gasteiger partial charge is 0.495 e. The van der Waals surface area contributed by atoms with Gasteiger partial charge in [-0.1, -0.05) is 18.2 Å². The van der Waals surface area contributed by atoms with Crippen molar-refractivity contribution in [1.82, 2.24) is 10.3 Å². The number of pyridine rings is 1. The second kappa shape index (κ2) is 10.7. The second-order valence-electron chi connectivity index (χ2n) is 7.03. The molecule has 0 spiro atoms. The molecular weight excluding hydrogens is 406 g/mol. The number of nitrogens with zero attached hydrogens (tertiary/aromatic N) is 2. The van der Waals surface area contributed by atoms with Gasteiger partial charge >= 0.3 is 0 Å². The number of aromatic nitrogens is 1. The van der Waals surface area contributed by atoms with Crippen molar-refractivity contribution in [2.24, 2.45) is 4.99 Å². The Labute approximate surface area is 186 Å². The summed E-state index contributed by atoms with van der Waals surface area (Å²) in [6.07, 6.45) is 1.69. The summed E-state index contributed by atoms with van der Waals surface area (Å²) in [4.78, 5) is 33.0. The van der Waals surface area contributed by atoms with Crippen molar-refractivity contribution < 1.29 is 14.3 Å². The van der Waals surface area contributed by atoms with Crippen molar-refractivity contribution in [3.8, 4) is 5.75 Å². The van der Waals surface area contributed by atoms with Crippen LogP contribution < -0.4 is 20.7 Å². The molecule has 0 aliphatic rings. The molecule has 0 aliphatic heterocycles. The molecule has 8 heteroatoms. The van der Waals surface area contributed by atoms with E-state index in [0.29, 0.717) is 22.7 Å². The van der Waals surface area contributed by atoms with Crippen LogP contribution in [0.2, 0.25) is 0 Å². The van der Waals surface area contributed by atoms with E-state index in [1.54, 1.807) is 37.6 Å². The molecule has 3 N–H and O–H groups in total. The van der Waals surface area contributed by atoms with E-state index in [9.17, 15) is 9.59 Å². The minimum atomic E-state index is -0.379. The molecule has 0 fully saturated rings. The average molecular weight is 431 g/mol. The van der Waals surface area contributed by atoms with Gasteiger partial charge in [-0.05, 0) is 55.0 Å². The molecule has 164 valence electrons. The van der Waals surface area contributed by atoms with Gasteiger partial charge in [0.2, 0.25) is 11.9 Å². The van der Waals surface area contributed by atoms with E-state index in [-0.39, 0.29) is 24.3 Å². The molecule has 1 heterocycles. The summed E-state index contributed by atoms with van der Waals surface area (Å²) in [5.41, 5.74) is 3.35. The first-order chi connectivity index (χ1) is 15.4. The maximum Gasteiger partial charge on any atom is 0.258 e. The molecule has 2 aromatic carbocycles. The lowest BCUT2D eigenvalue weighted by atomic mass is 10.2. The van der Waals surface area contributed by atoms with Gasteiger partial charge < -0.3 is 15.4 Å². The summed E-state index contributed by atoms with van der Waals surface area (Å²) in [5, 5.41) is 8.63. The van der Waals surface area contributed by atoms with Crippen molar-refractivity contribution in [3.05, 3.63) is 83.7 Å². The van der Waals surface area contributed by atoms with Gasteiger partial charge in [0, 0.05) is 24.4 Å². The first kappa shape index (κ1) is 22.5. The zero-order chi connectivity index (χ0) is 22.9. The third kappa shape index (κ3) is 6.40. The van der Waals surface area contributed by atoms with E-state index in [4.69, 9.17) is 4.74 Å². The highest BCUT2D eigenvalue weighted by Gasteiger charge is 2.13. The standard InChI is InChI=1S/C24H25N5O3/c1-16-10-11-22(32-3)21(13-16)28-24(26-15-20-8-4-5-12-25-20)29-23(31)18-7-6-9-19(14-18)27-17(2)30/h4-14H,15H2,1-3H3,(H,27,30)(H2,26,28,29,31).